The van der Waals surface area contributed by atoms with E-state index in [0.29, 0.717) is 16.9 Å². The van der Waals surface area contributed by atoms with Crippen LogP contribution in [0.4, 0.5) is 5.69 Å². The molecule has 5 heteroatoms. The zero-order chi connectivity index (χ0) is 11.4. The Hall–Kier alpha value is -1.36. The van der Waals surface area contributed by atoms with Gasteiger partial charge < -0.3 is 0 Å². The molecule has 0 N–H and O–H groups in total. The first-order valence-corrected chi connectivity index (χ1v) is 5.68. The Morgan fingerprint density at radius 3 is 2.67 bits per heavy atom. The molecule has 4 nitrogen and oxygen atoms in total. The van der Waals surface area contributed by atoms with E-state index in [0.717, 1.165) is 0 Å². The molecule has 0 amide bonds. The summed E-state index contributed by atoms with van der Waals surface area (Å²) in [5.74, 6) is -0.0666. The fourth-order valence-corrected chi connectivity index (χ4v) is 2.05. The van der Waals surface area contributed by atoms with Crippen molar-refractivity contribution in [3.63, 3.8) is 0 Å². The predicted molar refractivity (Wildman–Crippen MR) is 59.5 cm³/mol. The highest BCUT2D eigenvalue weighted by atomic mass is 32.2. The standard InChI is InChI=1S/C10H11NO3S/c1-3-9(12)7-5-4-6-8(11(13)14)10(7)15-2/h4-6H,3H2,1-2H3. The van der Waals surface area contributed by atoms with Crippen LogP contribution >= 0.6 is 11.8 Å². The Morgan fingerprint density at radius 2 is 2.20 bits per heavy atom. The molecule has 0 aromatic heterocycles. The van der Waals surface area contributed by atoms with E-state index in [-0.39, 0.29) is 11.5 Å². The molecule has 0 fully saturated rings. The van der Waals surface area contributed by atoms with E-state index in [1.54, 1.807) is 25.3 Å². The van der Waals surface area contributed by atoms with Gasteiger partial charge in [0.05, 0.1) is 9.82 Å². The average molecular weight is 225 g/mol. The number of nitro groups is 1. The maximum Gasteiger partial charge on any atom is 0.283 e. The molecule has 0 bridgehead atoms. The third kappa shape index (κ3) is 2.36. The normalized spacial score (nSPS) is 10.0. The number of nitro benzene ring substituents is 1. The maximum atomic E-state index is 11.5. The second-order valence-corrected chi connectivity index (χ2v) is 3.71. The summed E-state index contributed by atoms with van der Waals surface area (Å²) in [7, 11) is 0. The first-order chi connectivity index (χ1) is 7.11. The highest BCUT2D eigenvalue weighted by Gasteiger charge is 2.19. The van der Waals surface area contributed by atoms with Crippen LogP contribution in [-0.4, -0.2) is 17.0 Å². The molecule has 0 saturated heterocycles. The summed E-state index contributed by atoms with van der Waals surface area (Å²) in [6, 6.07) is 4.59. The summed E-state index contributed by atoms with van der Waals surface area (Å²) in [6.07, 6.45) is 2.09. The third-order valence-corrected chi connectivity index (χ3v) is 2.85. The van der Waals surface area contributed by atoms with Crippen molar-refractivity contribution in [2.75, 3.05) is 6.26 Å². The lowest BCUT2D eigenvalue weighted by molar-refractivity contribution is -0.387. The number of carbonyl (C=O) groups excluding carboxylic acids is 1. The molecule has 1 aromatic carbocycles. The molecule has 1 aromatic rings. The Labute approximate surface area is 91.8 Å². The Bertz CT molecular complexity index is 404. The van der Waals surface area contributed by atoms with Crippen LogP contribution < -0.4 is 0 Å². The average Bonchev–Trinajstić information content (AvgIpc) is 2.26. The predicted octanol–water partition coefficient (Wildman–Crippen LogP) is 2.91. The minimum Gasteiger partial charge on any atom is -0.294 e. The van der Waals surface area contributed by atoms with Crippen molar-refractivity contribution in [1.29, 1.82) is 0 Å². The number of ketones is 1. The highest BCUT2D eigenvalue weighted by molar-refractivity contribution is 7.98. The monoisotopic (exact) mass is 225 g/mol. The summed E-state index contributed by atoms with van der Waals surface area (Å²) in [5, 5.41) is 10.7. The van der Waals surface area contributed by atoms with E-state index < -0.39 is 4.92 Å². The quantitative estimate of drug-likeness (QED) is 0.342. The minimum absolute atomic E-state index is 0.00167. The van der Waals surface area contributed by atoms with Crippen molar-refractivity contribution in [2.24, 2.45) is 0 Å². The molecule has 80 valence electrons. The van der Waals surface area contributed by atoms with Crippen molar-refractivity contribution >= 4 is 23.2 Å². The number of benzene rings is 1. The first-order valence-electron chi connectivity index (χ1n) is 4.46. The lowest BCUT2D eigenvalue weighted by Crippen LogP contribution is -2.01. The van der Waals surface area contributed by atoms with E-state index in [1.165, 1.54) is 17.8 Å². The van der Waals surface area contributed by atoms with Crippen LogP contribution in [0.3, 0.4) is 0 Å². The largest absolute Gasteiger partial charge is 0.294 e. The van der Waals surface area contributed by atoms with Crippen molar-refractivity contribution in [2.45, 2.75) is 18.2 Å². The van der Waals surface area contributed by atoms with Crippen LogP contribution in [0.25, 0.3) is 0 Å². The van der Waals surface area contributed by atoms with Gasteiger partial charge in [0.1, 0.15) is 0 Å². The molecular formula is C10H11NO3S. The van der Waals surface area contributed by atoms with Crippen LogP contribution in [0.5, 0.6) is 0 Å². The zero-order valence-corrected chi connectivity index (χ0v) is 9.34. The summed E-state index contributed by atoms with van der Waals surface area (Å²) in [4.78, 5) is 22.2. The summed E-state index contributed by atoms with van der Waals surface area (Å²) < 4.78 is 0. The highest BCUT2D eigenvalue weighted by Crippen LogP contribution is 2.31. The second kappa shape index (κ2) is 4.93. The van der Waals surface area contributed by atoms with Gasteiger partial charge in [0, 0.05) is 18.1 Å². The molecule has 0 unspecified atom stereocenters. The lowest BCUT2D eigenvalue weighted by Gasteiger charge is -2.05. The third-order valence-electron chi connectivity index (χ3n) is 2.02. The summed E-state index contributed by atoms with van der Waals surface area (Å²) in [6.45, 7) is 1.74. The van der Waals surface area contributed by atoms with Crippen molar-refractivity contribution in [1.82, 2.24) is 0 Å². The fraction of sp³-hybridized carbons (Fsp3) is 0.300. The van der Waals surface area contributed by atoms with Gasteiger partial charge in [0.2, 0.25) is 0 Å². The smallest absolute Gasteiger partial charge is 0.283 e. The number of hydrogen-bond donors (Lipinski definition) is 0. The number of Topliss-reactive ketones (excluding diaryl/α,β-unsaturated/α-hetero) is 1. The molecular weight excluding hydrogens is 214 g/mol. The van der Waals surface area contributed by atoms with Gasteiger partial charge in [-0.05, 0) is 12.3 Å². The SMILES string of the molecule is CCC(=O)c1cccc([N+](=O)[O-])c1SC. The first kappa shape index (κ1) is 11.7. The molecule has 0 spiro atoms. The molecule has 1 rings (SSSR count). The Kier molecular flexibility index (Phi) is 3.85. The van der Waals surface area contributed by atoms with Gasteiger partial charge >= 0.3 is 0 Å². The van der Waals surface area contributed by atoms with Crippen LogP contribution in [0, 0.1) is 10.1 Å². The van der Waals surface area contributed by atoms with E-state index in [1.807, 2.05) is 0 Å². The summed E-state index contributed by atoms with van der Waals surface area (Å²) in [5.41, 5.74) is 0.445. The van der Waals surface area contributed by atoms with Crippen LogP contribution in [-0.2, 0) is 0 Å². The number of carbonyl (C=O) groups is 1. The van der Waals surface area contributed by atoms with Gasteiger partial charge in [-0.25, -0.2) is 0 Å². The lowest BCUT2D eigenvalue weighted by atomic mass is 10.1. The van der Waals surface area contributed by atoms with Gasteiger partial charge in [-0.3, -0.25) is 14.9 Å². The molecule has 0 aliphatic rings. The zero-order valence-electron chi connectivity index (χ0n) is 8.52. The molecule has 0 radical (unpaired) electrons. The molecule has 0 heterocycles. The Balaban J connectivity index is 3.34. The molecule has 0 atom stereocenters. The molecule has 15 heavy (non-hydrogen) atoms. The summed E-state index contributed by atoms with van der Waals surface area (Å²) >= 11 is 1.23. The molecule has 0 aliphatic heterocycles. The number of hydrogen-bond acceptors (Lipinski definition) is 4. The van der Waals surface area contributed by atoms with E-state index in [4.69, 9.17) is 0 Å². The fourth-order valence-electron chi connectivity index (χ4n) is 1.29. The van der Waals surface area contributed by atoms with Gasteiger partial charge in [0.15, 0.2) is 5.78 Å². The van der Waals surface area contributed by atoms with E-state index in [9.17, 15) is 14.9 Å². The number of rotatable bonds is 4. The topological polar surface area (TPSA) is 60.2 Å². The van der Waals surface area contributed by atoms with Crippen LogP contribution in [0.15, 0.2) is 23.1 Å². The second-order valence-electron chi connectivity index (χ2n) is 2.89. The van der Waals surface area contributed by atoms with Crippen LogP contribution in [0.2, 0.25) is 0 Å². The Morgan fingerprint density at radius 1 is 1.53 bits per heavy atom. The van der Waals surface area contributed by atoms with Crippen molar-refractivity contribution in [3.05, 3.63) is 33.9 Å². The van der Waals surface area contributed by atoms with Crippen molar-refractivity contribution < 1.29 is 9.72 Å². The van der Waals surface area contributed by atoms with Gasteiger partial charge in [0.25, 0.3) is 5.69 Å². The number of nitrogens with zero attached hydrogens (tertiary/aromatic N) is 1. The van der Waals surface area contributed by atoms with Crippen LogP contribution in [0.1, 0.15) is 23.7 Å². The molecule has 0 aliphatic carbocycles. The van der Waals surface area contributed by atoms with E-state index in [2.05, 4.69) is 0 Å². The van der Waals surface area contributed by atoms with Gasteiger partial charge in [-0.15, -0.1) is 11.8 Å². The van der Waals surface area contributed by atoms with Gasteiger partial charge in [-0.2, -0.15) is 0 Å². The maximum absolute atomic E-state index is 11.5. The van der Waals surface area contributed by atoms with E-state index >= 15 is 0 Å². The molecule has 0 saturated carbocycles. The number of thioether (sulfide) groups is 1. The van der Waals surface area contributed by atoms with Crippen molar-refractivity contribution in [3.8, 4) is 0 Å². The van der Waals surface area contributed by atoms with Gasteiger partial charge in [-0.1, -0.05) is 13.0 Å². The minimum atomic E-state index is -0.460.